The van der Waals surface area contributed by atoms with Crippen LogP contribution in [-0.4, -0.2) is 9.91 Å². The minimum atomic E-state index is -0.520. The van der Waals surface area contributed by atoms with Crippen molar-refractivity contribution in [1.82, 2.24) is 4.98 Å². The van der Waals surface area contributed by atoms with Crippen molar-refractivity contribution in [3.63, 3.8) is 0 Å². The third-order valence-corrected chi connectivity index (χ3v) is 3.45. The van der Waals surface area contributed by atoms with Crippen LogP contribution < -0.4 is 4.74 Å². The first-order valence-electron chi connectivity index (χ1n) is 5.64. The Bertz CT molecular complexity index is 664. The highest BCUT2D eigenvalue weighted by atomic mass is 79.9. The molecule has 0 saturated carbocycles. The van der Waals surface area contributed by atoms with Crippen LogP contribution in [0.2, 0.25) is 5.02 Å². The Balaban J connectivity index is 2.39. The Kier molecular flexibility index (Phi) is 4.57. The number of nitro groups is 1. The van der Waals surface area contributed by atoms with Crippen molar-refractivity contribution in [3.05, 3.63) is 56.7 Å². The topological polar surface area (TPSA) is 65.3 Å². The Morgan fingerprint density at radius 2 is 2.20 bits per heavy atom. The van der Waals surface area contributed by atoms with Crippen molar-refractivity contribution >= 4 is 33.2 Å². The second-order valence-electron chi connectivity index (χ2n) is 4.07. The number of aromatic nitrogens is 1. The van der Waals surface area contributed by atoms with Gasteiger partial charge in [0.15, 0.2) is 0 Å². The molecular weight excluding hydrogens is 348 g/mol. The molecule has 0 N–H and O–H groups in total. The van der Waals surface area contributed by atoms with E-state index in [4.69, 9.17) is 16.3 Å². The molecule has 0 atom stereocenters. The smallest absolute Gasteiger partial charge is 0.311 e. The minimum Gasteiger partial charge on any atom is -0.431 e. The summed E-state index contributed by atoms with van der Waals surface area (Å²) in [5, 5.41) is 12.0. The minimum absolute atomic E-state index is 0.0738. The molecule has 0 aliphatic carbocycles. The Morgan fingerprint density at radius 3 is 2.80 bits per heavy atom. The first kappa shape index (κ1) is 14.7. The molecule has 1 aromatic carbocycles. The van der Waals surface area contributed by atoms with E-state index >= 15 is 0 Å². The van der Waals surface area contributed by atoms with E-state index in [0.29, 0.717) is 16.2 Å². The zero-order valence-electron chi connectivity index (χ0n) is 10.5. The lowest BCUT2D eigenvalue weighted by molar-refractivity contribution is -0.385. The van der Waals surface area contributed by atoms with Crippen LogP contribution in [0.15, 0.2) is 30.5 Å². The average Bonchev–Trinajstić information content (AvgIpc) is 2.40. The van der Waals surface area contributed by atoms with Gasteiger partial charge in [-0.15, -0.1) is 0 Å². The van der Waals surface area contributed by atoms with Crippen LogP contribution in [0.1, 0.15) is 11.1 Å². The third-order valence-electron chi connectivity index (χ3n) is 2.57. The molecule has 104 valence electrons. The van der Waals surface area contributed by atoms with E-state index < -0.39 is 4.92 Å². The number of ether oxygens (including phenoxy) is 1. The number of aryl methyl sites for hydroxylation is 1. The number of rotatable bonds is 4. The maximum absolute atomic E-state index is 11.0. The Hall–Kier alpha value is -1.66. The molecule has 0 saturated heterocycles. The predicted octanol–water partition coefficient (Wildman–Crippen LogP) is 4.64. The number of nitro benzene ring substituents is 1. The van der Waals surface area contributed by atoms with Crippen LogP contribution >= 0.6 is 27.5 Å². The molecule has 0 bridgehead atoms. The predicted molar refractivity (Wildman–Crippen MR) is 79.8 cm³/mol. The summed E-state index contributed by atoms with van der Waals surface area (Å²) in [5.74, 6) is 0.393. The number of nitrogens with zero attached hydrogens (tertiary/aromatic N) is 2. The van der Waals surface area contributed by atoms with Crippen molar-refractivity contribution in [2.75, 3.05) is 0 Å². The average molecular weight is 358 g/mol. The molecule has 0 aliphatic rings. The van der Waals surface area contributed by atoms with Crippen molar-refractivity contribution < 1.29 is 9.66 Å². The number of benzene rings is 1. The zero-order valence-corrected chi connectivity index (χ0v) is 12.8. The van der Waals surface area contributed by atoms with Gasteiger partial charge in [0, 0.05) is 34.2 Å². The monoisotopic (exact) mass is 356 g/mol. The summed E-state index contributed by atoms with van der Waals surface area (Å²) in [6.45, 7) is 1.82. The van der Waals surface area contributed by atoms with Gasteiger partial charge in [0.2, 0.25) is 11.6 Å². The maximum atomic E-state index is 11.0. The lowest BCUT2D eigenvalue weighted by atomic mass is 10.2. The SMILES string of the molecule is Cc1cc(CBr)cnc1Oc1cc(Cl)ccc1[N+](=O)[O-]. The fourth-order valence-corrected chi connectivity index (χ4v) is 2.09. The standard InChI is InChI=1S/C13H10BrClN2O3/c1-8-4-9(6-14)7-16-13(8)20-12-5-10(15)2-3-11(12)17(18)19/h2-5,7H,6H2,1H3. The van der Waals surface area contributed by atoms with E-state index in [1.165, 1.54) is 18.2 Å². The van der Waals surface area contributed by atoms with E-state index in [2.05, 4.69) is 20.9 Å². The van der Waals surface area contributed by atoms with Crippen molar-refractivity contribution in [3.8, 4) is 11.6 Å². The van der Waals surface area contributed by atoms with Crippen molar-refractivity contribution in [2.24, 2.45) is 0 Å². The van der Waals surface area contributed by atoms with E-state index in [9.17, 15) is 10.1 Å². The molecular formula is C13H10BrClN2O3. The summed E-state index contributed by atoms with van der Waals surface area (Å²) in [5.41, 5.74) is 1.63. The third kappa shape index (κ3) is 3.26. The van der Waals surface area contributed by atoms with E-state index in [1.807, 2.05) is 13.0 Å². The van der Waals surface area contributed by atoms with E-state index in [1.54, 1.807) is 6.20 Å². The van der Waals surface area contributed by atoms with Crippen molar-refractivity contribution in [1.29, 1.82) is 0 Å². The highest BCUT2D eigenvalue weighted by Gasteiger charge is 2.17. The zero-order chi connectivity index (χ0) is 14.7. The number of halogens is 2. The van der Waals surface area contributed by atoms with Crippen LogP contribution in [0, 0.1) is 17.0 Å². The molecule has 2 aromatic rings. The highest BCUT2D eigenvalue weighted by Crippen LogP contribution is 2.34. The molecule has 1 aromatic heterocycles. The van der Waals surface area contributed by atoms with Gasteiger partial charge in [-0.25, -0.2) is 4.98 Å². The van der Waals surface area contributed by atoms with E-state index in [-0.39, 0.29) is 11.4 Å². The molecule has 2 rings (SSSR count). The normalized spacial score (nSPS) is 10.3. The summed E-state index contributed by atoms with van der Waals surface area (Å²) in [7, 11) is 0. The molecule has 0 radical (unpaired) electrons. The largest absolute Gasteiger partial charge is 0.431 e. The molecule has 5 nitrogen and oxygen atoms in total. The molecule has 0 amide bonds. The van der Waals surface area contributed by atoms with Crippen LogP contribution in [0.25, 0.3) is 0 Å². The van der Waals surface area contributed by atoms with Gasteiger partial charge >= 0.3 is 5.69 Å². The quantitative estimate of drug-likeness (QED) is 0.454. The van der Waals surface area contributed by atoms with Gasteiger partial charge < -0.3 is 4.74 Å². The molecule has 0 aliphatic heterocycles. The molecule has 7 heteroatoms. The molecule has 0 fully saturated rings. The first-order valence-corrected chi connectivity index (χ1v) is 7.14. The van der Waals surface area contributed by atoms with Gasteiger partial charge in [0.25, 0.3) is 0 Å². The maximum Gasteiger partial charge on any atom is 0.311 e. The van der Waals surface area contributed by atoms with Gasteiger partial charge in [-0.05, 0) is 24.6 Å². The molecule has 1 heterocycles. The number of pyridine rings is 1. The number of hydrogen-bond donors (Lipinski definition) is 0. The second kappa shape index (κ2) is 6.19. The molecule has 0 unspecified atom stereocenters. The molecule has 20 heavy (non-hydrogen) atoms. The van der Waals surface area contributed by atoms with Crippen LogP contribution in [0.5, 0.6) is 11.6 Å². The lowest BCUT2D eigenvalue weighted by Crippen LogP contribution is -1.97. The summed E-state index contributed by atoms with van der Waals surface area (Å²) >= 11 is 9.18. The van der Waals surface area contributed by atoms with Crippen LogP contribution in [0.4, 0.5) is 5.69 Å². The van der Waals surface area contributed by atoms with Gasteiger partial charge in [0.1, 0.15) is 0 Å². The lowest BCUT2D eigenvalue weighted by Gasteiger charge is -2.09. The van der Waals surface area contributed by atoms with Crippen LogP contribution in [-0.2, 0) is 5.33 Å². The van der Waals surface area contributed by atoms with Gasteiger partial charge in [-0.3, -0.25) is 10.1 Å². The van der Waals surface area contributed by atoms with Crippen LogP contribution in [0.3, 0.4) is 0 Å². The number of hydrogen-bond acceptors (Lipinski definition) is 4. The molecule has 0 spiro atoms. The van der Waals surface area contributed by atoms with Gasteiger partial charge in [-0.1, -0.05) is 27.5 Å². The van der Waals surface area contributed by atoms with E-state index in [0.717, 1.165) is 11.1 Å². The summed E-state index contributed by atoms with van der Waals surface area (Å²) in [4.78, 5) is 14.6. The highest BCUT2D eigenvalue weighted by molar-refractivity contribution is 9.08. The first-order chi connectivity index (χ1) is 9.51. The Labute approximate surface area is 128 Å². The van der Waals surface area contributed by atoms with Gasteiger partial charge in [-0.2, -0.15) is 0 Å². The summed E-state index contributed by atoms with van der Waals surface area (Å²) < 4.78 is 5.53. The Morgan fingerprint density at radius 1 is 1.45 bits per heavy atom. The van der Waals surface area contributed by atoms with Gasteiger partial charge in [0.05, 0.1) is 4.92 Å². The number of alkyl halides is 1. The second-order valence-corrected chi connectivity index (χ2v) is 5.07. The fraction of sp³-hybridized carbons (Fsp3) is 0.154. The fourth-order valence-electron chi connectivity index (χ4n) is 1.63. The summed E-state index contributed by atoms with van der Waals surface area (Å²) in [6, 6.07) is 6.05. The summed E-state index contributed by atoms with van der Waals surface area (Å²) in [6.07, 6.45) is 1.65. The van der Waals surface area contributed by atoms with Crippen molar-refractivity contribution in [2.45, 2.75) is 12.3 Å².